The maximum atomic E-state index is 13.9. The van der Waals surface area contributed by atoms with Crippen molar-refractivity contribution in [1.82, 2.24) is 5.32 Å². The van der Waals surface area contributed by atoms with Gasteiger partial charge in [-0.1, -0.05) is 52.9 Å². The molecule has 0 aliphatic heterocycles. The van der Waals surface area contributed by atoms with E-state index in [1.54, 1.807) is 12.1 Å². The second kappa shape index (κ2) is 9.02. The van der Waals surface area contributed by atoms with Crippen LogP contribution in [0, 0.1) is 5.82 Å². The minimum atomic E-state index is -0.341. The standard InChI is InChI=1S/C20H22BrClFNO/c21-15-9-10-20(25-13-17-18(22)7-4-8-19(17)23)14(11-15)12-24-16-5-2-1-3-6-16/h4,7-11,16,24H,1-3,5-6,12-13H2. The predicted octanol–water partition coefficient (Wildman–Crippen LogP) is 6.24. The first kappa shape index (κ1) is 18.7. The molecule has 2 nitrogen and oxygen atoms in total. The maximum Gasteiger partial charge on any atom is 0.131 e. The Morgan fingerprint density at radius 3 is 2.72 bits per heavy atom. The number of hydrogen-bond donors (Lipinski definition) is 1. The first-order valence-electron chi connectivity index (χ1n) is 8.71. The SMILES string of the molecule is Fc1cccc(Cl)c1COc1ccc(Br)cc1CNC1CCCCC1. The molecule has 1 aliphatic carbocycles. The highest BCUT2D eigenvalue weighted by Crippen LogP contribution is 2.27. The van der Waals surface area contributed by atoms with Crippen molar-refractivity contribution >= 4 is 27.5 Å². The number of ether oxygens (including phenoxy) is 1. The largest absolute Gasteiger partial charge is 0.488 e. The van der Waals surface area contributed by atoms with Gasteiger partial charge in [0.05, 0.1) is 5.02 Å². The molecule has 1 saturated carbocycles. The van der Waals surface area contributed by atoms with Gasteiger partial charge in [-0.05, 0) is 43.2 Å². The number of benzene rings is 2. The van der Waals surface area contributed by atoms with Crippen molar-refractivity contribution in [1.29, 1.82) is 0 Å². The molecule has 0 radical (unpaired) electrons. The van der Waals surface area contributed by atoms with E-state index in [-0.39, 0.29) is 12.4 Å². The summed E-state index contributed by atoms with van der Waals surface area (Å²) in [4.78, 5) is 0. The summed E-state index contributed by atoms with van der Waals surface area (Å²) >= 11 is 9.60. The lowest BCUT2D eigenvalue weighted by Crippen LogP contribution is -2.30. The fourth-order valence-electron chi connectivity index (χ4n) is 3.21. The molecule has 0 amide bonds. The van der Waals surface area contributed by atoms with Gasteiger partial charge >= 0.3 is 0 Å². The van der Waals surface area contributed by atoms with E-state index in [1.807, 2.05) is 18.2 Å². The van der Waals surface area contributed by atoms with Gasteiger partial charge in [0.1, 0.15) is 18.2 Å². The van der Waals surface area contributed by atoms with Crippen LogP contribution in [0.3, 0.4) is 0 Å². The third-order valence-corrected chi connectivity index (χ3v) is 5.49. The summed E-state index contributed by atoms with van der Waals surface area (Å²) < 4.78 is 20.8. The Kier molecular flexibility index (Phi) is 6.74. The summed E-state index contributed by atoms with van der Waals surface area (Å²) in [5, 5.41) is 4.01. The van der Waals surface area contributed by atoms with Crippen LogP contribution in [0.1, 0.15) is 43.2 Å². The van der Waals surface area contributed by atoms with Crippen LogP contribution in [0.2, 0.25) is 5.02 Å². The van der Waals surface area contributed by atoms with E-state index in [4.69, 9.17) is 16.3 Å². The van der Waals surface area contributed by atoms with Crippen molar-refractivity contribution < 1.29 is 9.13 Å². The van der Waals surface area contributed by atoms with E-state index in [0.717, 1.165) is 22.3 Å². The van der Waals surface area contributed by atoms with Gasteiger partial charge < -0.3 is 10.1 Å². The lowest BCUT2D eigenvalue weighted by molar-refractivity contribution is 0.294. The molecule has 1 aliphatic rings. The van der Waals surface area contributed by atoms with Crippen molar-refractivity contribution in [3.8, 4) is 5.75 Å². The molecule has 3 rings (SSSR count). The van der Waals surface area contributed by atoms with E-state index in [2.05, 4.69) is 21.2 Å². The summed E-state index contributed by atoms with van der Waals surface area (Å²) in [6.45, 7) is 0.855. The number of halogens is 3. The summed E-state index contributed by atoms with van der Waals surface area (Å²) in [6, 6.07) is 11.1. The summed E-state index contributed by atoms with van der Waals surface area (Å²) in [7, 11) is 0. The van der Waals surface area contributed by atoms with Crippen molar-refractivity contribution in [3.05, 3.63) is 62.8 Å². The number of nitrogens with one attached hydrogen (secondary N) is 1. The molecule has 0 spiro atoms. The van der Waals surface area contributed by atoms with Gasteiger partial charge in [-0.25, -0.2) is 4.39 Å². The second-order valence-electron chi connectivity index (χ2n) is 6.46. The van der Waals surface area contributed by atoms with E-state index in [9.17, 15) is 4.39 Å². The van der Waals surface area contributed by atoms with Crippen molar-refractivity contribution in [2.45, 2.75) is 51.3 Å². The molecule has 25 heavy (non-hydrogen) atoms. The molecular formula is C20H22BrClFNO. The average Bonchev–Trinajstić information content (AvgIpc) is 2.62. The summed E-state index contributed by atoms with van der Waals surface area (Å²) in [6.07, 6.45) is 6.40. The van der Waals surface area contributed by atoms with Crippen LogP contribution >= 0.6 is 27.5 Å². The van der Waals surface area contributed by atoms with Gasteiger partial charge in [0.2, 0.25) is 0 Å². The lowest BCUT2D eigenvalue weighted by atomic mass is 9.95. The van der Waals surface area contributed by atoms with Gasteiger partial charge in [-0.2, -0.15) is 0 Å². The van der Waals surface area contributed by atoms with E-state index >= 15 is 0 Å². The van der Waals surface area contributed by atoms with Crippen molar-refractivity contribution in [2.75, 3.05) is 0 Å². The van der Waals surface area contributed by atoms with Crippen LogP contribution < -0.4 is 10.1 Å². The van der Waals surface area contributed by atoms with Crippen LogP contribution in [0.15, 0.2) is 40.9 Å². The van der Waals surface area contributed by atoms with Crippen LogP contribution in [-0.2, 0) is 13.2 Å². The zero-order valence-electron chi connectivity index (χ0n) is 14.0. The van der Waals surface area contributed by atoms with Gasteiger partial charge in [0.25, 0.3) is 0 Å². The normalized spacial score (nSPS) is 15.3. The highest BCUT2D eigenvalue weighted by atomic mass is 79.9. The molecule has 1 fully saturated rings. The Morgan fingerprint density at radius 2 is 1.96 bits per heavy atom. The smallest absolute Gasteiger partial charge is 0.131 e. The van der Waals surface area contributed by atoms with Gasteiger partial charge in [-0.15, -0.1) is 0 Å². The maximum absolute atomic E-state index is 13.9. The Hall–Kier alpha value is -1.10. The molecule has 2 aromatic rings. The number of rotatable bonds is 6. The third-order valence-electron chi connectivity index (χ3n) is 4.64. The Morgan fingerprint density at radius 1 is 1.16 bits per heavy atom. The van der Waals surface area contributed by atoms with Crippen LogP contribution in [0.4, 0.5) is 4.39 Å². The van der Waals surface area contributed by atoms with Crippen molar-refractivity contribution in [2.24, 2.45) is 0 Å². The molecule has 2 aromatic carbocycles. The van der Waals surface area contributed by atoms with Crippen LogP contribution in [0.5, 0.6) is 5.75 Å². The van der Waals surface area contributed by atoms with E-state index in [1.165, 1.54) is 38.2 Å². The van der Waals surface area contributed by atoms with Gasteiger partial charge in [0.15, 0.2) is 0 Å². The molecule has 0 unspecified atom stereocenters. The monoisotopic (exact) mass is 425 g/mol. The first-order valence-corrected chi connectivity index (χ1v) is 9.88. The summed E-state index contributed by atoms with van der Waals surface area (Å²) in [5.74, 6) is 0.414. The lowest BCUT2D eigenvalue weighted by Gasteiger charge is -2.23. The van der Waals surface area contributed by atoms with Crippen LogP contribution in [0.25, 0.3) is 0 Å². The topological polar surface area (TPSA) is 21.3 Å². The zero-order chi connectivity index (χ0) is 17.6. The molecule has 134 valence electrons. The van der Waals surface area contributed by atoms with Crippen molar-refractivity contribution in [3.63, 3.8) is 0 Å². The Balaban J connectivity index is 1.68. The van der Waals surface area contributed by atoms with E-state index < -0.39 is 0 Å². The fourth-order valence-corrected chi connectivity index (χ4v) is 3.83. The van der Waals surface area contributed by atoms with E-state index in [0.29, 0.717) is 16.6 Å². The second-order valence-corrected chi connectivity index (χ2v) is 7.78. The quantitative estimate of drug-likeness (QED) is 0.590. The minimum Gasteiger partial charge on any atom is -0.488 e. The predicted molar refractivity (Wildman–Crippen MR) is 104 cm³/mol. The Labute approximate surface area is 161 Å². The molecule has 0 saturated heterocycles. The minimum absolute atomic E-state index is 0.115. The first-order chi connectivity index (χ1) is 12.1. The highest BCUT2D eigenvalue weighted by Gasteiger charge is 2.14. The van der Waals surface area contributed by atoms with Gasteiger partial charge in [0, 0.05) is 28.2 Å². The molecule has 0 heterocycles. The summed E-state index contributed by atoms with van der Waals surface area (Å²) in [5.41, 5.74) is 1.45. The molecule has 5 heteroatoms. The molecular weight excluding hydrogens is 405 g/mol. The molecule has 0 bridgehead atoms. The highest BCUT2D eigenvalue weighted by molar-refractivity contribution is 9.10. The molecule has 0 aromatic heterocycles. The third kappa shape index (κ3) is 5.19. The zero-order valence-corrected chi connectivity index (χ0v) is 16.4. The Bertz CT molecular complexity index is 699. The number of hydrogen-bond acceptors (Lipinski definition) is 2. The fraction of sp³-hybridized carbons (Fsp3) is 0.400. The van der Waals surface area contributed by atoms with Gasteiger partial charge in [-0.3, -0.25) is 0 Å². The molecule has 0 atom stereocenters. The average molecular weight is 427 g/mol. The van der Waals surface area contributed by atoms with Crippen LogP contribution in [-0.4, -0.2) is 6.04 Å². The molecule has 1 N–H and O–H groups in total.